The van der Waals surface area contributed by atoms with Crippen molar-refractivity contribution in [2.24, 2.45) is 0 Å². The molecule has 1 atom stereocenters. The van der Waals surface area contributed by atoms with Crippen LogP contribution < -0.4 is 0 Å². The third kappa shape index (κ3) is 18.3. The molecule has 2 N–H and O–H groups in total. The largest absolute Gasteiger partial charge is 0.481 e. The van der Waals surface area contributed by atoms with E-state index in [1.54, 1.807) is 6.08 Å². The zero-order valence-corrected chi connectivity index (χ0v) is 14.4. The molecule has 0 aliphatic carbocycles. The molecule has 0 aromatic heterocycles. The van der Waals surface area contributed by atoms with E-state index in [1.807, 2.05) is 24.3 Å². The van der Waals surface area contributed by atoms with Crippen molar-refractivity contribution in [3.63, 3.8) is 0 Å². The highest BCUT2D eigenvalue weighted by molar-refractivity contribution is 5.66. The molecule has 130 valence electrons. The van der Waals surface area contributed by atoms with Crippen molar-refractivity contribution < 1.29 is 15.0 Å². The summed E-state index contributed by atoms with van der Waals surface area (Å²) in [6, 6.07) is 0. The Morgan fingerprint density at radius 2 is 1.70 bits per heavy atom. The number of hydrogen-bond donors (Lipinski definition) is 2. The first-order valence-corrected chi connectivity index (χ1v) is 8.70. The monoisotopic (exact) mass is 320 g/mol. The molecule has 0 spiro atoms. The van der Waals surface area contributed by atoms with Gasteiger partial charge in [-0.2, -0.15) is 0 Å². The second-order valence-corrected chi connectivity index (χ2v) is 5.58. The third-order valence-corrected chi connectivity index (χ3v) is 3.30. The van der Waals surface area contributed by atoms with Crippen LogP contribution in [0.2, 0.25) is 0 Å². The van der Waals surface area contributed by atoms with Crippen LogP contribution in [-0.2, 0) is 4.79 Å². The molecule has 0 unspecified atom stereocenters. The smallest absolute Gasteiger partial charge is 0.303 e. The van der Waals surface area contributed by atoms with Crippen LogP contribution in [0.1, 0.15) is 64.7 Å². The molecule has 0 amide bonds. The maximum atomic E-state index is 10.3. The van der Waals surface area contributed by atoms with Gasteiger partial charge in [0.2, 0.25) is 0 Å². The summed E-state index contributed by atoms with van der Waals surface area (Å²) in [5, 5.41) is 18.2. The van der Waals surface area contributed by atoms with Crippen molar-refractivity contribution in [3.8, 4) is 0 Å². The van der Waals surface area contributed by atoms with Crippen LogP contribution in [0.25, 0.3) is 0 Å². The predicted molar refractivity (Wildman–Crippen MR) is 97.4 cm³/mol. The van der Waals surface area contributed by atoms with Crippen molar-refractivity contribution >= 4 is 5.97 Å². The summed E-state index contributed by atoms with van der Waals surface area (Å²) in [5.74, 6) is -0.760. The minimum Gasteiger partial charge on any atom is -0.481 e. The van der Waals surface area contributed by atoms with E-state index in [0.29, 0.717) is 12.8 Å². The Morgan fingerprint density at radius 1 is 0.957 bits per heavy atom. The Hall–Kier alpha value is -1.61. The number of aliphatic hydroxyl groups is 1. The van der Waals surface area contributed by atoms with Gasteiger partial charge in [-0.25, -0.2) is 0 Å². The summed E-state index contributed by atoms with van der Waals surface area (Å²) in [7, 11) is 0. The summed E-state index contributed by atoms with van der Waals surface area (Å²) in [5.41, 5.74) is 0. The second-order valence-electron chi connectivity index (χ2n) is 5.58. The molecule has 23 heavy (non-hydrogen) atoms. The van der Waals surface area contributed by atoms with Gasteiger partial charge in [-0.1, -0.05) is 68.4 Å². The molecule has 0 saturated heterocycles. The van der Waals surface area contributed by atoms with Gasteiger partial charge in [0.15, 0.2) is 0 Å². The van der Waals surface area contributed by atoms with E-state index in [1.165, 1.54) is 19.3 Å². The van der Waals surface area contributed by atoms with Crippen molar-refractivity contribution in [2.45, 2.75) is 70.8 Å². The quantitative estimate of drug-likeness (QED) is 0.263. The fourth-order valence-electron chi connectivity index (χ4n) is 1.96. The summed E-state index contributed by atoms with van der Waals surface area (Å²) in [6.07, 6.45) is 23.5. The lowest BCUT2D eigenvalue weighted by Crippen LogP contribution is -1.98. The van der Waals surface area contributed by atoms with Crippen LogP contribution >= 0.6 is 0 Å². The predicted octanol–water partition coefficient (Wildman–Crippen LogP) is 5.19. The van der Waals surface area contributed by atoms with Crippen molar-refractivity contribution in [1.29, 1.82) is 0 Å². The molecule has 0 aliphatic heterocycles. The van der Waals surface area contributed by atoms with Gasteiger partial charge in [-0.05, 0) is 38.5 Å². The lowest BCUT2D eigenvalue weighted by atomic mass is 10.2. The molecule has 3 nitrogen and oxygen atoms in total. The first-order chi connectivity index (χ1) is 11.2. The van der Waals surface area contributed by atoms with Gasteiger partial charge in [-0.3, -0.25) is 4.79 Å². The zero-order chi connectivity index (χ0) is 17.2. The average molecular weight is 320 g/mol. The Kier molecular flexibility index (Phi) is 15.6. The molecule has 0 radical (unpaired) electrons. The molecule has 3 heteroatoms. The van der Waals surface area contributed by atoms with E-state index in [-0.39, 0.29) is 6.42 Å². The molecule has 0 aromatic carbocycles. The highest BCUT2D eigenvalue weighted by atomic mass is 16.4. The van der Waals surface area contributed by atoms with Crippen LogP contribution in [0.15, 0.2) is 48.6 Å². The van der Waals surface area contributed by atoms with Crippen LogP contribution in [0.5, 0.6) is 0 Å². The lowest BCUT2D eigenvalue weighted by Gasteiger charge is -1.99. The molecule has 0 bridgehead atoms. The normalized spacial score (nSPS) is 13.8. The molecular formula is C20H32O3. The van der Waals surface area contributed by atoms with Gasteiger partial charge < -0.3 is 10.2 Å². The van der Waals surface area contributed by atoms with Gasteiger partial charge >= 0.3 is 5.97 Å². The summed E-state index contributed by atoms with van der Waals surface area (Å²) in [4.78, 5) is 10.3. The highest BCUT2D eigenvalue weighted by Crippen LogP contribution is 2.02. The SMILES string of the molecule is CCCCC/C=C/C/C=C/C=C\[C@H](O)C/C=C/CCCC(=O)O. The summed E-state index contributed by atoms with van der Waals surface area (Å²) >= 11 is 0. The molecule has 0 saturated carbocycles. The van der Waals surface area contributed by atoms with Crippen LogP contribution in [0, 0.1) is 0 Å². The number of hydrogen-bond acceptors (Lipinski definition) is 2. The number of aliphatic carboxylic acids is 1. The molecule has 0 fully saturated rings. The van der Waals surface area contributed by atoms with Crippen molar-refractivity contribution in [2.75, 3.05) is 0 Å². The number of allylic oxidation sites excluding steroid dienone is 6. The minimum absolute atomic E-state index is 0.199. The van der Waals surface area contributed by atoms with E-state index in [0.717, 1.165) is 19.3 Å². The number of rotatable bonds is 14. The Bertz CT molecular complexity index is 392. The van der Waals surface area contributed by atoms with E-state index >= 15 is 0 Å². The van der Waals surface area contributed by atoms with E-state index in [9.17, 15) is 9.90 Å². The number of carbonyl (C=O) groups is 1. The van der Waals surface area contributed by atoms with Gasteiger partial charge in [-0.15, -0.1) is 0 Å². The van der Waals surface area contributed by atoms with Gasteiger partial charge in [0.05, 0.1) is 6.10 Å². The standard InChI is InChI=1S/C20H32O3/c1-2-3-4-5-6-7-8-9-10-13-16-19(21)17-14-11-12-15-18-20(22)23/h6-7,9-11,13-14,16,19,21H,2-5,8,12,15,17-18H2,1H3,(H,22,23)/b7-6+,10-9+,14-11+,16-13-/t19-/m0/s1. The van der Waals surface area contributed by atoms with Gasteiger partial charge in [0.1, 0.15) is 0 Å². The molecular weight excluding hydrogens is 288 g/mol. The minimum atomic E-state index is -0.760. The molecule has 0 aliphatic rings. The molecule has 0 heterocycles. The maximum Gasteiger partial charge on any atom is 0.303 e. The Balaban J connectivity index is 3.63. The maximum absolute atomic E-state index is 10.3. The zero-order valence-electron chi connectivity index (χ0n) is 14.4. The molecule has 0 aromatic rings. The van der Waals surface area contributed by atoms with Crippen LogP contribution in [-0.4, -0.2) is 22.3 Å². The number of carboxylic acid groups (broad SMARTS) is 1. The fraction of sp³-hybridized carbons (Fsp3) is 0.550. The van der Waals surface area contributed by atoms with Gasteiger partial charge in [0, 0.05) is 6.42 Å². The van der Waals surface area contributed by atoms with E-state index < -0.39 is 12.1 Å². The number of unbranched alkanes of at least 4 members (excludes halogenated alkanes) is 4. The average Bonchev–Trinajstić information content (AvgIpc) is 2.52. The number of aliphatic hydroxyl groups excluding tert-OH is 1. The summed E-state index contributed by atoms with van der Waals surface area (Å²) < 4.78 is 0. The van der Waals surface area contributed by atoms with E-state index in [4.69, 9.17) is 5.11 Å². The van der Waals surface area contributed by atoms with Crippen LogP contribution in [0.4, 0.5) is 0 Å². The first kappa shape index (κ1) is 21.4. The fourth-order valence-corrected chi connectivity index (χ4v) is 1.96. The highest BCUT2D eigenvalue weighted by Gasteiger charge is 1.95. The first-order valence-electron chi connectivity index (χ1n) is 8.70. The molecule has 0 rings (SSSR count). The Labute approximate surface area is 141 Å². The summed E-state index contributed by atoms with van der Waals surface area (Å²) in [6.45, 7) is 2.21. The van der Waals surface area contributed by atoms with Crippen LogP contribution in [0.3, 0.4) is 0 Å². The Morgan fingerprint density at radius 3 is 2.43 bits per heavy atom. The lowest BCUT2D eigenvalue weighted by molar-refractivity contribution is -0.137. The number of carboxylic acids is 1. The van der Waals surface area contributed by atoms with Crippen molar-refractivity contribution in [1.82, 2.24) is 0 Å². The topological polar surface area (TPSA) is 57.5 Å². The second kappa shape index (κ2) is 16.8. The van der Waals surface area contributed by atoms with Gasteiger partial charge in [0.25, 0.3) is 0 Å². The van der Waals surface area contributed by atoms with E-state index in [2.05, 4.69) is 25.2 Å². The van der Waals surface area contributed by atoms with Crippen molar-refractivity contribution in [3.05, 3.63) is 48.6 Å². The third-order valence-electron chi connectivity index (χ3n) is 3.30.